The van der Waals surface area contributed by atoms with E-state index >= 15 is 0 Å². The molecule has 0 radical (unpaired) electrons. The molecule has 0 aromatic carbocycles. The summed E-state index contributed by atoms with van der Waals surface area (Å²) < 4.78 is 0. The topological polar surface area (TPSA) is 48.2 Å². The summed E-state index contributed by atoms with van der Waals surface area (Å²) >= 11 is 0. The van der Waals surface area contributed by atoms with Crippen LogP contribution in [-0.2, 0) is 0 Å². The number of rotatable bonds is 1. The van der Waals surface area contributed by atoms with Gasteiger partial charge in [-0.05, 0) is 18.4 Å². The Balaban J connectivity index is 2.44. The molecule has 1 N–H and O–H groups in total. The first-order chi connectivity index (χ1) is 8.24. The number of amidine groups is 1. The molecule has 88 valence electrons. The summed E-state index contributed by atoms with van der Waals surface area (Å²) in [7, 11) is 0. The van der Waals surface area contributed by atoms with Crippen molar-refractivity contribution >= 4 is 5.84 Å². The molecule has 1 fully saturated rings. The van der Waals surface area contributed by atoms with Gasteiger partial charge >= 0.3 is 0 Å². The number of hydrogen-bond acceptors (Lipinski definition) is 3. The highest BCUT2D eigenvalue weighted by Gasteiger charge is 2.45. The fourth-order valence-electron chi connectivity index (χ4n) is 2.94. The van der Waals surface area contributed by atoms with Crippen molar-refractivity contribution in [1.29, 1.82) is 5.26 Å². The zero-order chi connectivity index (χ0) is 12.3. The first kappa shape index (κ1) is 11.7. The molecule has 3 heteroatoms. The Hall–Kier alpha value is -1.82. The molecule has 0 aromatic rings. The minimum absolute atomic E-state index is 0.112. The predicted octanol–water partition coefficient (Wildman–Crippen LogP) is 3.05. The summed E-state index contributed by atoms with van der Waals surface area (Å²) in [5.74, 6) is 0.776. The Morgan fingerprint density at radius 1 is 1.35 bits per heavy atom. The van der Waals surface area contributed by atoms with Crippen molar-refractivity contribution in [2.75, 3.05) is 0 Å². The lowest BCUT2D eigenvalue weighted by Gasteiger charge is -2.35. The Morgan fingerprint density at radius 3 is 2.65 bits per heavy atom. The van der Waals surface area contributed by atoms with Crippen LogP contribution in [0.15, 0.2) is 41.6 Å². The molecule has 2 aliphatic rings. The SMILES string of the molecule is C=C/C=C1\C(=C)N=C(NC#N)C12CCCCC2. The summed E-state index contributed by atoms with van der Waals surface area (Å²) in [6.07, 6.45) is 11.4. The van der Waals surface area contributed by atoms with Gasteiger partial charge in [-0.3, -0.25) is 5.32 Å². The second-order valence-electron chi connectivity index (χ2n) is 4.60. The maximum atomic E-state index is 8.83. The van der Waals surface area contributed by atoms with Crippen molar-refractivity contribution in [2.45, 2.75) is 32.1 Å². The first-order valence-electron chi connectivity index (χ1n) is 6.01. The van der Waals surface area contributed by atoms with Gasteiger partial charge in [0.1, 0.15) is 5.84 Å². The minimum atomic E-state index is -0.112. The zero-order valence-corrected chi connectivity index (χ0v) is 10.00. The fraction of sp³-hybridized carbons (Fsp3) is 0.429. The minimum Gasteiger partial charge on any atom is -0.280 e. The molecular weight excluding hydrogens is 210 g/mol. The Morgan fingerprint density at radius 2 is 2.06 bits per heavy atom. The van der Waals surface area contributed by atoms with E-state index in [-0.39, 0.29) is 5.41 Å². The van der Waals surface area contributed by atoms with Gasteiger partial charge < -0.3 is 0 Å². The first-order valence-corrected chi connectivity index (χ1v) is 6.01. The van der Waals surface area contributed by atoms with E-state index in [4.69, 9.17) is 5.26 Å². The van der Waals surface area contributed by atoms with Crippen LogP contribution >= 0.6 is 0 Å². The van der Waals surface area contributed by atoms with E-state index in [1.54, 1.807) is 6.08 Å². The molecule has 0 atom stereocenters. The maximum absolute atomic E-state index is 8.83. The monoisotopic (exact) mass is 227 g/mol. The van der Waals surface area contributed by atoms with Crippen molar-refractivity contribution in [2.24, 2.45) is 10.4 Å². The summed E-state index contributed by atoms with van der Waals surface area (Å²) in [6.45, 7) is 7.74. The van der Waals surface area contributed by atoms with Crippen molar-refractivity contribution in [3.63, 3.8) is 0 Å². The highest BCUT2D eigenvalue weighted by atomic mass is 15.0. The van der Waals surface area contributed by atoms with Crippen LogP contribution in [0.5, 0.6) is 0 Å². The van der Waals surface area contributed by atoms with Gasteiger partial charge in [0.25, 0.3) is 0 Å². The van der Waals surface area contributed by atoms with Crippen LogP contribution in [0.4, 0.5) is 0 Å². The van der Waals surface area contributed by atoms with Crippen LogP contribution in [0.1, 0.15) is 32.1 Å². The van der Waals surface area contributed by atoms with Crippen LogP contribution in [0.25, 0.3) is 0 Å². The van der Waals surface area contributed by atoms with Crippen LogP contribution in [0.3, 0.4) is 0 Å². The average molecular weight is 227 g/mol. The highest BCUT2D eigenvalue weighted by Crippen LogP contribution is 2.49. The third-order valence-corrected chi connectivity index (χ3v) is 3.69. The normalized spacial score (nSPS) is 24.5. The Kier molecular flexibility index (Phi) is 3.14. The van der Waals surface area contributed by atoms with Gasteiger partial charge in [0.05, 0.1) is 11.1 Å². The van der Waals surface area contributed by atoms with E-state index in [1.165, 1.54) is 19.3 Å². The van der Waals surface area contributed by atoms with E-state index in [9.17, 15) is 0 Å². The quantitative estimate of drug-likeness (QED) is 0.553. The smallest absolute Gasteiger partial charge is 0.182 e. The molecule has 2 rings (SSSR count). The maximum Gasteiger partial charge on any atom is 0.182 e. The second-order valence-corrected chi connectivity index (χ2v) is 4.60. The van der Waals surface area contributed by atoms with Crippen molar-refractivity contribution in [3.05, 3.63) is 36.6 Å². The molecule has 0 saturated heterocycles. The third kappa shape index (κ3) is 1.80. The molecular formula is C14H17N3. The van der Waals surface area contributed by atoms with Crippen molar-refractivity contribution < 1.29 is 0 Å². The van der Waals surface area contributed by atoms with Crippen LogP contribution in [0.2, 0.25) is 0 Å². The van der Waals surface area contributed by atoms with E-state index in [1.807, 2.05) is 12.3 Å². The molecule has 1 aliphatic heterocycles. The largest absolute Gasteiger partial charge is 0.280 e. The van der Waals surface area contributed by atoms with Gasteiger partial charge in [-0.15, -0.1) is 0 Å². The van der Waals surface area contributed by atoms with Gasteiger partial charge in [-0.1, -0.05) is 44.6 Å². The summed E-state index contributed by atoms with van der Waals surface area (Å²) in [4.78, 5) is 4.43. The highest BCUT2D eigenvalue weighted by molar-refractivity contribution is 5.97. The molecule has 0 bridgehead atoms. The molecule has 1 saturated carbocycles. The lowest BCUT2D eigenvalue weighted by Crippen LogP contribution is -2.39. The van der Waals surface area contributed by atoms with E-state index < -0.39 is 0 Å². The molecule has 3 nitrogen and oxygen atoms in total. The van der Waals surface area contributed by atoms with E-state index in [2.05, 4.69) is 23.5 Å². The molecule has 1 spiro atoms. The fourth-order valence-corrected chi connectivity index (χ4v) is 2.94. The molecule has 17 heavy (non-hydrogen) atoms. The lowest BCUT2D eigenvalue weighted by atomic mass is 9.68. The number of nitriles is 1. The van der Waals surface area contributed by atoms with Crippen LogP contribution in [0, 0.1) is 16.9 Å². The van der Waals surface area contributed by atoms with Gasteiger partial charge in [0.2, 0.25) is 0 Å². The zero-order valence-electron chi connectivity index (χ0n) is 10.00. The lowest BCUT2D eigenvalue weighted by molar-refractivity contribution is 0.339. The molecule has 1 aliphatic carbocycles. The number of aliphatic imine (C=N–C) groups is 1. The summed E-state index contributed by atoms with van der Waals surface area (Å²) in [5, 5.41) is 11.6. The molecule has 0 unspecified atom stereocenters. The summed E-state index contributed by atoms with van der Waals surface area (Å²) in [6, 6.07) is 0. The Bertz CT molecular complexity index is 443. The number of nitrogens with one attached hydrogen (secondary N) is 1. The molecule has 0 aromatic heterocycles. The van der Waals surface area contributed by atoms with E-state index in [0.717, 1.165) is 29.9 Å². The molecule has 0 amide bonds. The van der Waals surface area contributed by atoms with Gasteiger partial charge in [-0.2, -0.15) is 5.26 Å². The summed E-state index contributed by atoms with van der Waals surface area (Å²) in [5.41, 5.74) is 1.79. The molecule has 1 heterocycles. The van der Waals surface area contributed by atoms with Gasteiger partial charge in [0.15, 0.2) is 6.19 Å². The second kappa shape index (κ2) is 4.58. The van der Waals surface area contributed by atoms with Crippen molar-refractivity contribution in [1.82, 2.24) is 5.32 Å². The number of nitrogens with zero attached hydrogens (tertiary/aromatic N) is 2. The standard InChI is InChI=1S/C14H17N3/c1-3-7-12-11(2)17-13(16-10-15)14(12)8-5-4-6-9-14/h3,7H,1-2,4-6,8-9H2,(H,16,17)/b12-7+. The van der Waals surface area contributed by atoms with Gasteiger partial charge in [0, 0.05) is 0 Å². The van der Waals surface area contributed by atoms with Crippen LogP contribution in [-0.4, -0.2) is 5.84 Å². The average Bonchev–Trinajstić information content (AvgIpc) is 2.57. The van der Waals surface area contributed by atoms with E-state index in [0.29, 0.717) is 0 Å². The predicted molar refractivity (Wildman–Crippen MR) is 69.1 cm³/mol. The van der Waals surface area contributed by atoms with Gasteiger partial charge in [-0.25, -0.2) is 4.99 Å². The van der Waals surface area contributed by atoms with Crippen LogP contribution < -0.4 is 5.32 Å². The number of allylic oxidation sites excluding steroid dienone is 3. The number of hydrogen-bond donors (Lipinski definition) is 1. The van der Waals surface area contributed by atoms with Crippen molar-refractivity contribution in [3.8, 4) is 6.19 Å². The third-order valence-electron chi connectivity index (χ3n) is 3.69. The Labute approximate surface area is 102 Å².